The first-order valence-corrected chi connectivity index (χ1v) is 10.8. The first kappa shape index (κ1) is 19.2. The molecular formula is C24H24N2O2S. The minimum Gasteiger partial charge on any atom is -0.493 e. The zero-order valence-electron chi connectivity index (χ0n) is 16.3. The number of nitrogen functional groups attached to an aromatic ring is 1. The molecule has 0 saturated heterocycles. The number of hydrogen-bond acceptors (Lipinski definition) is 4. The molecule has 5 heteroatoms. The molecule has 1 aliphatic heterocycles. The zero-order valence-corrected chi connectivity index (χ0v) is 17.1. The maximum atomic E-state index is 6.18. The quantitative estimate of drug-likeness (QED) is 0.434. The monoisotopic (exact) mass is 404 g/mol. The molecule has 1 unspecified atom stereocenters. The van der Waals surface area contributed by atoms with E-state index in [1.807, 2.05) is 24.3 Å². The Morgan fingerprint density at radius 3 is 2.24 bits per heavy atom. The molecule has 0 aromatic heterocycles. The van der Waals surface area contributed by atoms with Crippen molar-refractivity contribution in [2.75, 3.05) is 12.8 Å². The average molecular weight is 405 g/mol. The highest BCUT2D eigenvalue weighted by atomic mass is 32.2. The summed E-state index contributed by atoms with van der Waals surface area (Å²) in [6, 6.07) is 26.5. The lowest BCUT2D eigenvalue weighted by molar-refractivity contribution is 0.369. The summed E-state index contributed by atoms with van der Waals surface area (Å²) >= 11 is 0. The Morgan fingerprint density at radius 1 is 0.862 bits per heavy atom. The minimum atomic E-state index is -0.108. The van der Waals surface area contributed by atoms with Crippen LogP contribution in [0.2, 0.25) is 0 Å². The predicted octanol–water partition coefficient (Wildman–Crippen LogP) is 5.20. The van der Waals surface area contributed by atoms with Crippen LogP contribution in [0.3, 0.4) is 0 Å². The lowest BCUT2D eigenvalue weighted by Gasteiger charge is -2.21. The first-order valence-electron chi connectivity index (χ1n) is 9.43. The van der Waals surface area contributed by atoms with E-state index in [9.17, 15) is 0 Å². The van der Waals surface area contributed by atoms with Crippen molar-refractivity contribution < 1.29 is 9.47 Å². The van der Waals surface area contributed by atoms with Crippen molar-refractivity contribution in [3.63, 3.8) is 0 Å². The maximum absolute atomic E-state index is 6.18. The number of methoxy groups -OCH3 is 1. The van der Waals surface area contributed by atoms with E-state index in [1.54, 1.807) is 13.2 Å². The van der Waals surface area contributed by atoms with E-state index in [2.05, 4.69) is 64.4 Å². The van der Waals surface area contributed by atoms with Gasteiger partial charge in [-0.1, -0.05) is 71.3 Å². The van der Waals surface area contributed by atoms with Gasteiger partial charge in [-0.25, -0.2) is 0 Å². The van der Waals surface area contributed by atoms with E-state index in [0.29, 0.717) is 17.2 Å². The van der Waals surface area contributed by atoms with Gasteiger partial charge in [0.05, 0.1) is 19.9 Å². The summed E-state index contributed by atoms with van der Waals surface area (Å²) in [6.45, 7) is 0.832. The number of ether oxygens (including phenoxy) is 2. The first-order chi connectivity index (χ1) is 14.2. The highest BCUT2D eigenvalue weighted by Crippen LogP contribution is 2.36. The third kappa shape index (κ3) is 4.81. The number of hydrogen-bond donors (Lipinski definition) is 1. The normalized spacial score (nSPS) is 15.6. The molecule has 1 heterocycles. The minimum absolute atomic E-state index is 0.108. The summed E-state index contributed by atoms with van der Waals surface area (Å²) in [5, 5.41) is 2.20. The standard InChI is InChI=1S/C24H24N2O2S/c1-27-24-14-21(25)12-13-23(24)28-22-16-26(15-19-8-4-2-5-9-19)29(18-22)17-20-10-6-3-7-11-20/h2-14,16,18H,15,17,25H2,1H3. The van der Waals surface area contributed by atoms with Crippen molar-refractivity contribution in [1.29, 1.82) is 0 Å². The van der Waals surface area contributed by atoms with Gasteiger partial charge >= 0.3 is 0 Å². The molecule has 0 aliphatic carbocycles. The summed E-state index contributed by atoms with van der Waals surface area (Å²) in [4.78, 5) is 0. The van der Waals surface area contributed by atoms with Gasteiger partial charge in [-0.2, -0.15) is 0 Å². The third-order valence-corrected chi connectivity index (χ3v) is 6.55. The van der Waals surface area contributed by atoms with Gasteiger partial charge in [0, 0.05) is 22.9 Å². The highest BCUT2D eigenvalue weighted by molar-refractivity contribution is 8.12. The molecule has 29 heavy (non-hydrogen) atoms. The van der Waals surface area contributed by atoms with E-state index in [-0.39, 0.29) is 10.7 Å². The van der Waals surface area contributed by atoms with Crippen LogP contribution in [0.4, 0.5) is 5.69 Å². The number of benzene rings is 3. The molecule has 2 N–H and O–H groups in total. The molecule has 4 rings (SSSR count). The van der Waals surface area contributed by atoms with Gasteiger partial charge in [0.2, 0.25) is 0 Å². The van der Waals surface area contributed by atoms with Gasteiger partial charge in [-0.3, -0.25) is 0 Å². The summed E-state index contributed by atoms with van der Waals surface area (Å²) in [5.41, 5.74) is 9.09. The molecular weight excluding hydrogens is 380 g/mol. The average Bonchev–Trinajstić information content (AvgIpc) is 3.11. The van der Waals surface area contributed by atoms with E-state index < -0.39 is 0 Å². The van der Waals surface area contributed by atoms with E-state index in [0.717, 1.165) is 18.1 Å². The van der Waals surface area contributed by atoms with Crippen LogP contribution in [0.5, 0.6) is 11.5 Å². The Morgan fingerprint density at radius 2 is 1.55 bits per heavy atom. The number of rotatable bonds is 7. The molecule has 0 radical (unpaired) electrons. The van der Waals surface area contributed by atoms with Crippen molar-refractivity contribution >= 4 is 21.7 Å². The van der Waals surface area contributed by atoms with Crippen LogP contribution in [0, 0.1) is 0 Å². The van der Waals surface area contributed by atoms with E-state index in [1.165, 1.54) is 11.1 Å². The lowest BCUT2D eigenvalue weighted by Crippen LogP contribution is -2.09. The van der Waals surface area contributed by atoms with E-state index >= 15 is 0 Å². The Bertz CT molecular complexity index is 1030. The predicted molar refractivity (Wildman–Crippen MR) is 122 cm³/mol. The Kier molecular flexibility index (Phi) is 5.86. The van der Waals surface area contributed by atoms with Crippen LogP contribution < -0.4 is 15.2 Å². The lowest BCUT2D eigenvalue weighted by atomic mass is 10.2. The van der Waals surface area contributed by atoms with Gasteiger partial charge in [0.25, 0.3) is 0 Å². The Balaban J connectivity index is 1.59. The summed E-state index contributed by atoms with van der Waals surface area (Å²) in [7, 11) is 1.51. The molecule has 1 aliphatic rings. The molecule has 3 aromatic carbocycles. The fourth-order valence-corrected chi connectivity index (χ4v) is 5.00. The van der Waals surface area contributed by atoms with Crippen molar-refractivity contribution in [2.45, 2.75) is 12.3 Å². The van der Waals surface area contributed by atoms with Crippen molar-refractivity contribution in [2.24, 2.45) is 0 Å². The van der Waals surface area contributed by atoms with Crippen molar-refractivity contribution in [1.82, 2.24) is 4.31 Å². The number of anilines is 1. The molecule has 0 saturated carbocycles. The second-order valence-electron chi connectivity index (χ2n) is 6.75. The van der Waals surface area contributed by atoms with Crippen LogP contribution in [-0.4, -0.2) is 16.8 Å². The molecule has 0 amide bonds. The molecule has 0 bridgehead atoms. The molecule has 1 atom stereocenters. The van der Waals surface area contributed by atoms with Gasteiger partial charge < -0.3 is 19.5 Å². The number of allylic oxidation sites excluding steroid dienone is 1. The van der Waals surface area contributed by atoms with Crippen LogP contribution in [-0.2, 0) is 12.3 Å². The van der Waals surface area contributed by atoms with Gasteiger partial charge in [-0.15, -0.1) is 0 Å². The van der Waals surface area contributed by atoms with Crippen molar-refractivity contribution in [3.05, 3.63) is 102 Å². The summed E-state index contributed by atoms with van der Waals surface area (Å²) in [5.74, 6) is 3.05. The highest BCUT2D eigenvalue weighted by Gasteiger charge is 2.18. The molecule has 3 aromatic rings. The van der Waals surface area contributed by atoms with Crippen LogP contribution in [0.15, 0.2) is 90.8 Å². The van der Waals surface area contributed by atoms with Gasteiger partial charge in [0.1, 0.15) is 0 Å². The molecule has 4 nitrogen and oxygen atoms in total. The SMILES string of the molecule is COc1cc(N)ccc1OC1=CN(Cc2ccccc2)S(Cc2ccccc2)=C1. The topological polar surface area (TPSA) is 47.7 Å². The largest absolute Gasteiger partial charge is 0.493 e. The zero-order chi connectivity index (χ0) is 20.1. The maximum Gasteiger partial charge on any atom is 0.169 e. The molecule has 148 valence electrons. The summed E-state index contributed by atoms with van der Waals surface area (Å²) in [6.07, 6.45) is 2.09. The van der Waals surface area contributed by atoms with Gasteiger partial charge in [-0.05, 0) is 23.3 Å². The second-order valence-corrected chi connectivity index (χ2v) is 8.55. The number of nitrogens with two attached hydrogens (primary N) is 1. The third-order valence-electron chi connectivity index (χ3n) is 4.58. The number of nitrogens with zero attached hydrogens (tertiary/aromatic N) is 1. The fraction of sp³-hybridized carbons (Fsp3) is 0.125. The fourth-order valence-electron chi connectivity index (χ4n) is 3.15. The van der Waals surface area contributed by atoms with Crippen LogP contribution in [0.25, 0.3) is 0 Å². The molecule has 0 fully saturated rings. The Labute approximate surface area is 174 Å². The van der Waals surface area contributed by atoms with Gasteiger partial charge in [0.15, 0.2) is 17.3 Å². The van der Waals surface area contributed by atoms with Crippen LogP contribution in [0.1, 0.15) is 11.1 Å². The summed E-state index contributed by atoms with van der Waals surface area (Å²) < 4.78 is 14.0. The molecule has 0 spiro atoms. The second kappa shape index (κ2) is 8.88. The van der Waals surface area contributed by atoms with E-state index in [4.69, 9.17) is 15.2 Å². The van der Waals surface area contributed by atoms with Crippen LogP contribution >= 0.6 is 10.7 Å². The smallest absolute Gasteiger partial charge is 0.169 e. The Hall–Kier alpha value is -3.18. The van der Waals surface area contributed by atoms with Crippen molar-refractivity contribution in [3.8, 4) is 11.5 Å².